The molecule has 1 atom stereocenters. The minimum atomic E-state index is -1.01. The highest BCUT2D eigenvalue weighted by molar-refractivity contribution is 6.31. The molecule has 1 rings (SSSR count). The lowest BCUT2D eigenvalue weighted by atomic mass is 10.1. The molecule has 0 aliphatic heterocycles. The average Bonchev–Trinajstić information content (AvgIpc) is 2.08. The fourth-order valence-electron chi connectivity index (χ4n) is 1.02. The molecule has 0 saturated carbocycles. The Kier molecular flexibility index (Phi) is 3.66. The molecule has 1 unspecified atom stereocenters. The maximum Gasteiger partial charge on any atom is 0.122 e. The topological polar surface area (TPSA) is 35.2 Å². The molecule has 0 amide bonds. The SMILES string of the molecule is CC(F)c1ccc(CON)c(Cl)c1. The van der Waals surface area contributed by atoms with Gasteiger partial charge in [-0.1, -0.05) is 23.7 Å². The molecular weight excluding hydrogens is 193 g/mol. The summed E-state index contributed by atoms with van der Waals surface area (Å²) in [6.07, 6.45) is -1.01. The normalized spacial score (nSPS) is 12.9. The minimum Gasteiger partial charge on any atom is -0.300 e. The van der Waals surface area contributed by atoms with E-state index in [2.05, 4.69) is 4.84 Å². The summed E-state index contributed by atoms with van der Waals surface area (Å²) in [7, 11) is 0. The number of rotatable bonds is 3. The highest BCUT2D eigenvalue weighted by Crippen LogP contribution is 2.23. The lowest BCUT2D eigenvalue weighted by Gasteiger charge is -2.06. The van der Waals surface area contributed by atoms with Gasteiger partial charge in [0.25, 0.3) is 0 Å². The number of hydrogen-bond acceptors (Lipinski definition) is 2. The Hall–Kier alpha value is -0.640. The summed E-state index contributed by atoms with van der Waals surface area (Å²) in [6.45, 7) is 1.70. The van der Waals surface area contributed by atoms with Crippen molar-refractivity contribution in [3.05, 3.63) is 34.3 Å². The average molecular weight is 204 g/mol. The quantitative estimate of drug-likeness (QED) is 0.767. The molecule has 0 aliphatic carbocycles. The molecule has 0 aromatic heterocycles. The number of benzene rings is 1. The van der Waals surface area contributed by atoms with Gasteiger partial charge in [0.15, 0.2) is 0 Å². The molecule has 2 nitrogen and oxygen atoms in total. The second kappa shape index (κ2) is 4.56. The van der Waals surface area contributed by atoms with Crippen molar-refractivity contribution in [1.29, 1.82) is 0 Å². The van der Waals surface area contributed by atoms with Crippen LogP contribution in [0.4, 0.5) is 4.39 Å². The molecule has 0 fully saturated rings. The van der Waals surface area contributed by atoms with Gasteiger partial charge in [-0.05, 0) is 24.1 Å². The second-order valence-electron chi connectivity index (χ2n) is 2.78. The maximum absolute atomic E-state index is 12.8. The fraction of sp³-hybridized carbons (Fsp3) is 0.333. The maximum atomic E-state index is 12.8. The van der Waals surface area contributed by atoms with Gasteiger partial charge >= 0.3 is 0 Å². The monoisotopic (exact) mass is 203 g/mol. The standard InChI is InChI=1S/C9H11ClFNO/c1-6(11)7-2-3-8(5-13-12)9(10)4-7/h2-4,6H,5,12H2,1H3. The van der Waals surface area contributed by atoms with E-state index in [-0.39, 0.29) is 6.61 Å². The summed E-state index contributed by atoms with van der Waals surface area (Å²) >= 11 is 5.85. The van der Waals surface area contributed by atoms with Crippen LogP contribution in [0.3, 0.4) is 0 Å². The molecular formula is C9H11ClFNO. The van der Waals surface area contributed by atoms with Crippen LogP contribution >= 0.6 is 11.6 Å². The summed E-state index contributed by atoms with van der Waals surface area (Å²) in [6, 6.07) is 4.96. The number of alkyl halides is 1. The van der Waals surface area contributed by atoms with Crippen molar-refractivity contribution in [3.63, 3.8) is 0 Å². The summed E-state index contributed by atoms with van der Waals surface area (Å²) < 4.78 is 12.8. The molecule has 0 saturated heterocycles. The molecule has 1 aromatic carbocycles. The zero-order chi connectivity index (χ0) is 9.84. The Labute approximate surface area is 81.4 Å². The van der Waals surface area contributed by atoms with Crippen LogP contribution in [0.2, 0.25) is 5.02 Å². The lowest BCUT2D eigenvalue weighted by Crippen LogP contribution is -2.00. The van der Waals surface area contributed by atoms with E-state index in [1.54, 1.807) is 18.2 Å². The van der Waals surface area contributed by atoms with Gasteiger partial charge < -0.3 is 0 Å². The van der Waals surface area contributed by atoms with E-state index in [1.807, 2.05) is 0 Å². The van der Waals surface area contributed by atoms with Crippen LogP contribution in [0.25, 0.3) is 0 Å². The molecule has 0 spiro atoms. The van der Waals surface area contributed by atoms with Gasteiger partial charge in [0.1, 0.15) is 6.17 Å². The number of nitrogens with two attached hydrogens (primary N) is 1. The molecule has 13 heavy (non-hydrogen) atoms. The first-order chi connectivity index (χ1) is 6.15. The van der Waals surface area contributed by atoms with Gasteiger partial charge in [0.05, 0.1) is 6.61 Å². The van der Waals surface area contributed by atoms with E-state index in [9.17, 15) is 4.39 Å². The number of halogens is 2. The zero-order valence-corrected chi connectivity index (χ0v) is 8.01. The Morgan fingerprint density at radius 1 is 1.62 bits per heavy atom. The van der Waals surface area contributed by atoms with Gasteiger partial charge in [-0.15, -0.1) is 0 Å². The largest absolute Gasteiger partial charge is 0.300 e. The van der Waals surface area contributed by atoms with E-state index in [0.717, 1.165) is 5.56 Å². The lowest BCUT2D eigenvalue weighted by molar-refractivity contribution is 0.124. The Balaban J connectivity index is 2.92. The third-order valence-electron chi connectivity index (χ3n) is 1.78. The summed E-state index contributed by atoms with van der Waals surface area (Å²) in [5.41, 5.74) is 1.32. The Morgan fingerprint density at radius 3 is 2.77 bits per heavy atom. The van der Waals surface area contributed by atoms with E-state index in [0.29, 0.717) is 10.6 Å². The predicted octanol–water partition coefficient (Wildman–Crippen LogP) is 2.76. The van der Waals surface area contributed by atoms with Crippen molar-refractivity contribution < 1.29 is 9.23 Å². The van der Waals surface area contributed by atoms with Crippen molar-refractivity contribution in [1.82, 2.24) is 0 Å². The Bertz CT molecular complexity index is 291. The molecule has 72 valence electrons. The third kappa shape index (κ3) is 2.66. The molecule has 1 aromatic rings. The molecule has 2 N–H and O–H groups in total. The first-order valence-electron chi connectivity index (χ1n) is 3.89. The zero-order valence-electron chi connectivity index (χ0n) is 7.26. The van der Waals surface area contributed by atoms with Crippen LogP contribution in [0.15, 0.2) is 18.2 Å². The van der Waals surface area contributed by atoms with Crippen LogP contribution in [-0.2, 0) is 11.4 Å². The van der Waals surface area contributed by atoms with Crippen LogP contribution in [0, 0.1) is 0 Å². The van der Waals surface area contributed by atoms with Crippen molar-refractivity contribution in [2.24, 2.45) is 5.90 Å². The molecule has 0 heterocycles. The van der Waals surface area contributed by atoms with Crippen molar-refractivity contribution >= 4 is 11.6 Å². The van der Waals surface area contributed by atoms with Crippen LogP contribution in [0.5, 0.6) is 0 Å². The highest BCUT2D eigenvalue weighted by Gasteiger charge is 2.06. The van der Waals surface area contributed by atoms with Gasteiger partial charge in [-0.3, -0.25) is 4.84 Å². The van der Waals surface area contributed by atoms with Gasteiger partial charge in [0, 0.05) is 5.02 Å². The van der Waals surface area contributed by atoms with Crippen molar-refractivity contribution in [2.75, 3.05) is 0 Å². The first kappa shape index (κ1) is 10.4. The fourth-order valence-corrected chi connectivity index (χ4v) is 1.26. The van der Waals surface area contributed by atoms with E-state index in [1.165, 1.54) is 6.92 Å². The van der Waals surface area contributed by atoms with Crippen LogP contribution < -0.4 is 5.90 Å². The molecule has 0 bridgehead atoms. The number of hydrogen-bond donors (Lipinski definition) is 1. The van der Waals surface area contributed by atoms with E-state index >= 15 is 0 Å². The Morgan fingerprint density at radius 2 is 2.31 bits per heavy atom. The van der Waals surface area contributed by atoms with E-state index < -0.39 is 6.17 Å². The van der Waals surface area contributed by atoms with Gasteiger partial charge in [-0.2, -0.15) is 0 Å². The van der Waals surface area contributed by atoms with Gasteiger partial charge in [-0.25, -0.2) is 10.3 Å². The minimum absolute atomic E-state index is 0.236. The predicted molar refractivity (Wildman–Crippen MR) is 50.0 cm³/mol. The summed E-state index contributed by atoms with van der Waals surface area (Å²) in [5, 5.41) is 0.479. The highest BCUT2D eigenvalue weighted by atomic mass is 35.5. The molecule has 4 heteroatoms. The second-order valence-corrected chi connectivity index (χ2v) is 3.19. The van der Waals surface area contributed by atoms with Crippen LogP contribution in [0.1, 0.15) is 24.2 Å². The summed E-state index contributed by atoms with van der Waals surface area (Å²) in [5.74, 6) is 4.89. The molecule has 0 aliphatic rings. The smallest absolute Gasteiger partial charge is 0.122 e. The molecule has 0 radical (unpaired) electrons. The van der Waals surface area contributed by atoms with E-state index in [4.69, 9.17) is 17.5 Å². The first-order valence-corrected chi connectivity index (χ1v) is 4.27. The van der Waals surface area contributed by atoms with Crippen LogP contribution in [-0.4, -0.2) is 0 Å². The third-order valence-corrected chi connectivity index (χ3v) is 2.13. The van der Waals surface area contributed by atoms with Crippen molar-refractivity contribution in [3.8, 4) is 0 Å². The summed E-state index contributed by atoms with van der Waals surface area (Å²) in [4.78, 5) is 4.43. The van der Waals surface area contributed by atoms with Gasteiger partial charge in [0.2, 0.25) is 0 Å². The van der Waals surface area contributed by atoms with Crippen molar-refractivity contribution in [2.45, 2.75) is 19.7 Å².